The Labute approximate surface area is 173 Å². The van der Waals surface area contributed by atoms with Gasteiger partial charge in [-0.25, -0.2) is 0 Å². The Hall–Kier alpha value is -1.06. The topological polar surface area (TPSA) is 75.1 Å². The summed E-state index contributed by atoms with van der Waals surface area (Å²) in [6, 6.07) is 8.07. The molecule has 7 heteroatoms. The number of nitrogens with one attached hydrogen (secondary N) is 2. The molecule has 1 aromatic carbocycles. The van der Waals surface area contributed by atoms with Crippen molar-refractivity contribution in [2.75, 3.05) is 33.4 Å². The van der Waals surface area contributed by atoms with Crippen LogP contribution in [0.2, 0.25) is 0 Å². The minimum absolute atomic E-state index is 0. The van der Waals surface area contributed by atoms with Gasteiger partial charge in [0.15, 0.2) is 5.96 Å². The van der Waals surface area contributed by atoms with Gasteiger partial charge in [0.2, 0.25) is 0 Å². The summed E-state index contributed by atoms with van der Waals surface area (Å²) >= 11 is 0. The monoisotopic (exact) mass is 477 g/mol. The summed E-state index contributed by atoms with van der Waals surface area (Å²) in [7, 11) is 1.76. The van der Waals surface area contributed by atoms with Crippen molar-refractivity contribution in [2.24, 2.45) is 10.4 Å². The van der Waals surface area contributed by atoms with Gasteiger partial charge in [0, 0.05) is 38.8 Å². The number of rotatable bonds is 8. The van der Waals surface area contributed by atoms with E-state index in [0.717, 1.165) is 43.3 Å². The minimum atomic E-state index is 0. The SMILES string of the molecule is CN=C(NCc1ccc(OC(C)C)cc1)NCC1(CCO)CCOC1.I. The van der Waals surface area contributed by atoms with Crippen LogP contribution in [0.15, 0.2) is 29.3 Å². The van der Waals surface area contributed by atoms with Crippen molar-refractivity contribution >= 4 is 29.9 Å². The van der Waals surface area contributed by atoms with E-state index >= 15 is 0 Å². The summed E-state index contributed by atoms with van der Waals surface area (Å²) < 4.78 is 11.2. The molecule has 0 saturated carbocycles. The van der Waals surface area contributed by atoms with E-state index in [1.54, 1.807) is 7.05 Å². The molecule has 0 aromatic heterocycles. The minimum Gasteiger partial charge on any atom is -0.491 e. The number of aliphatic imine (C=N–C) groups is 1. The maximum Gasteiger partial charge on any atom is 0.191 e. The molecule has 1 unspecified atom stereocenters. The Morgan fingerprint density at radius 3 is 2.58 bits per heavy atom. The molecule has 6 nitrogen and oxygen atoms in total. The number of ether oxygens (including phenoxy) is 2. The maximum absolute atomic E-state index is 9.30. The van der Waals surface area contributed by atoms with Gasteiger partial charge in [0.1, 0.15) is 5.75 Å². The first-order valence-corrected chi connectivity index (χ1v) is 8.96. The highest BCUT2D eigenvalue weighted by molar-refractivity contribution is 14.0. The van der Waals surface area contributed by atoms with Gasteiger partial charge in [0.25, 0.3) is 0 Å². The molecule has 1 aliphatic heterocycles. The van der Waals surface area contributed by atoms with E-state index in [2.05, 4.69) is 27.8 Å². The fourth-order valence-corrected chi connectivity index (χ4v) is 2.95. The molecule has 0 radical (unpaired) electrons. The van der Waals surface area contributed by atoms with Crippen LogP contribution in [-0.4, -0.2) is 50.6 Å². The fourth-order valence-electron chi connectivity index (χ4n) is 2.95. The molecule has 1 aromatic rings. The van der Waals surface area contributed by atoms with Gasteiger partial charge < -0.3 is 25.2 Å². The first-order chi connectivity index (χ1) is 12.1. The van der Waals surface area contributed by atoms with E-state index in [1.807, 2.05) is 26.0 Å². The lowest BCUT2D eigenvalue weighted by atomic mass is 9.84. The molecule has 1 atom stereocenters. The Morgan fingerprint density at radius 1 is 1.31 bits per heavy atom. The number of nitrogens with zero attached hydrogens (tertiary/aromatic N) is 1. The van der Waals surface area contributed by atoms with E-state index in [9.17, 15) is 5.11 Å². The Morgan fingerprint density at radius 2 is 2.04 bits per heavy atom. The number of hydrogen-bond donors (Lipinski definition) is 3. The van der Waals surface area contributed by atoms with Crippen LogP contribution >= 0.6 is 24.0 Å². The first-order valence-electron chi connectivity index (χ1n) is 8.96. The molecular weight excluding hydrogens is 445 g/mol. The van der Waals surface area contributed by atoms with Crippen molar-refractivity contribution in [3.63, 3.8) is 0 Å². The van der Waals surface area contributed by atoms with Crippen LogP contribution in [0.3, 0.4) is 0 Å². The van der Waals surface area contributed by atoms with Crippen molar-refractivity contribution in [3.8, 4) is 5.75 Å². The van der Waals surface area contributed by atoms with Gasteiger partial charge in [0.05, 0.1) is 12.7 Å². The van der Waals surface area contributed by atoms with Crippen molar-refractivity contribution in [3.05, 3.63) is 29.8 Å². The fraction of sp³-hybridized carbons (Fsp3) is 0.632. The number of guanidine groups is 1. The first kappa shape index (κ1) is 23.0. The van der Waals surface area contributed by atoms with Gasteiger partial charge in [-0.15, -0.1) is 24.0 Å². The summed E-state index contributed by atoms with van der Waals surface area (Å²) in [5, 5.41) is 16.0. The highest BCUT2D eigenvalue weighted by atomic mass is 127. The zero-order valence-corrected chi connectivity index (χ0v) is 18.3. The van der Waals surface area contributed by atoms with Crippen LogP contribution < -0.4 is 15.4 Å². The molecule has 3 N–H and O–H groups in total. The number of aliphatic hydroxyl groups excluding tert-OH is 1. The van der Waals surface area contributed by atoms with E-state index in [0.29, 0.717) is 13.2 Å². The number of hydrogen-bond acceptors (Lipinski definition) is 4. The second-order valence-corrected chi connectivity index (χ2v) is 6.87. The molecule has 1 fully saturated rings. The largest absolute Gasteiger partial charge is 0.491 e. The normalized spacial score (nSPS) is 20.0. The van der Waals surface area contributed by atoms with E-state index in [4.69, 9.17) is 9.47 Å². The van der Waals surface area contributed by atoms with Crippen molar-refractivity contribution in [2.45, 2.75) is 39.3 Å². The van der Waals surface area contributed by atoms with Crippen LogP contribution in [0.5, 0.6) is 5.75 Å². The third-order valence-corrected chi connectivity index (χ3v) is 4.44. The Balaban J connectivity index is 0.00000338. The highest BCUT2D eigenvalue weighted by Gasteiger charge is 2.34. The molecular formula is C19H32IN3O3. The maximum atomic E-state index is 9.30. The zero-order valence-electron chi connectivity index (χ0n) is 16.0. The van der Waals surface area contributed by atoms with E-state index in [1.165, 1.54) is 0 Å². The predicted octanol–water partition coefficient (Wildman–Crippen LogP) is 2.55. The van der Waals surface area contributed by atoms with Gasteiger partial charge >= 0.3 is 0 Å². The molecule has 0 aliphatic carbocycles. The summed E-state index contributed by atoms with van der Waals surface area (Å²) in [5.74, 6) is 1.64. The van der Waals surface area contributed by atoms with Crippen LogP contribution in [0.1, 0.15) is 32.3 Å². The average molecular weight is 477 g/mol. The zero-order chi connectivity index (χ0) is 18.1. The standard InChI is InChI=1S/C19H31N3O3.HI/c1-15(2)25-17-6-4-16(5-7-17)12-21-18(20-3)22-13-19(8-10-23)9-11-24-14-19;/h4-7,15,23H,8-14H2,1-3H3,(H2,20,21,22);1H. The highest BCUT2D eigenvalue weighted by Crippen LogP contribution is 2.31. The Bertz CT molecular complexity index is 543. The van der Waals surface area contributed by atoms with Gasteiger partial charge in [-0.3, -0.25) is 4.99 Å². The lowest BCUT2D eigenvalue weighted by Gasteiger charge is -2.27. The van der Waals surface area contributed by atoms with Crippen molar-refractivity contribution in [1.29, 1.82) is 0 Å². The predicted molar refractivity (Wildman–Crippen MR) is 115 cm³/mol. The second kappa shape index (κ2) is 11.6. The van der Waals surface area contributed by atoms with Crippen LogP contribution in [0, 0.1) is 5.41 Å². The molecule has 0 bridgehead atoms. The van der Waals surface area contributed by atoms with Crippen molar-refractivity contribution < 1.29 is 14.6 Å². The summed E-state index contributed by atoms with van der Waals surface area (Å²) in [6.45, 7) is 7.10. The lowest BCUT2D eigenvalue weighted by molar-refractivity contribution is 0.127. The molecule has 0 amide bonds. The van der Waals surface area contributed by atoms with Crippen LogP contribution in [0.4, 0.5) is 0 Å². The van der Waals surface area contributed by atoms with Crippen LogP contribution in [0.25, 0.3) is 0 Å². The number of aliphatic hydroxyl groups is 1. The van der Waals surface area contributed by atoms with Gasteiger partial charge in [-0.1, -0.05) is 12.1 Å². The van der Waals surface area contributed by atoms with E-state index in [-0.39, 0.29) is 42.1 Å². The molecule has 1 heterocycles. The molecule has 1 aliphatic rings. The molecule has 148 valence electrons. The molecule has 0 spiro atoms. The number of halogens is 1. The molecule has 1 saturated heterocycles. The van der Waals surface area contributed by atoms with Crippen molar-refractivity contribution in [1.82, 2.24) is 10.6 Å². The summed E-state index contributed by atoms with van der Waals surface area (Å²) in [6.07, 6.45) is 1.89. The number of benzene rings is 1. The van der Waals surface area contributed by atoms with Gasteiger partial charge in [-0.2, -0.15) is 0 Å². The lowest BCUT2D eigenvalue weighted by Crippen LogP contribution is -2.44. The van der Waals surface area contributed by atoms with Gasteiger partial charge in [-0.05, 0) is 44.4 Å². The average Bonchev–Trinajstić information content (AvgIpc) is 3.05. The van der Waals surface area contributed by atoms with E-state index < -0.39 is 0 Å². The third kappa shape index (κ3) is 7.28. The summed E-state index contributed by atoms with van der Waals surface area (Å²) in [5.41, 5.74) is 1.16. The summed E-state index contributed by atoms with van der Waals surface area (Å²) in [4.78, 5) is 4.28. The smallest absolute Gasteiger partial charge is 0.191 e. The molecule has 2 rings (SSSR count). The van der Waals surface area contributed by atoms with Crippen LogP contribution in [-0.2, 0) is 11.3 Å². The Kier molecular flexibility index (Phi) is 10.3. The second-order valence-electron chi connectivity index (χ2n) is 6.87. The third-order valence-electron chi connectivity index (χ3n) is 4.44. The quantitative estimate of drug-likeness (QED) is 0.305. The molecule has 26 heavy (non-hydrogen) atoms.